The zero-order chi connectivity index (χ0) is 12.9. The Morgan fingerprint density at radius 2 is 2.12 bits per heavy atom. The highest BCUT2D eigenvalue weighted by molar-refractivity contribution is 5.77. The lowest BCUT2D eigenvalue weighted by atomic mass is 10.0. The molecule has 0 radical (unpaired) electrons. The fourth-order valence-electron chi connectivity index (χ4n) is 2.61. The molecule has 2 atom stereocenters. The highest BCUT2D eigenvalue weighted by atomic mass is 16.5. The number of amides is 1. The van der Waals surface area contributed by atoms with Crippen molar-refractivity contribution in [1.29, 1.82) is 0 Å². The number of nitrogens with zero attached hydrogens (tertiary/aromatic N) is 1. The molecule has 1 saturated carbocycles. The summed E-state index contributed by atoms with van der Waals surface area (Å²) in [6, 6.07) is 0. The summed E-state index contributed by atoms with van der Waals surface area (Å²) in [5, 5.41) is 0. The Balaban J connectivity index is 2.45. The van der Waals surface area contributed by atoms with Gasteiger partial charge in [0.1, 0.15) is 6.61 Å². The summed E-state index contributed by atoms with van der Waals surface area (Å²) < 4.78 is 5.84. The smallest absolute Gasteiger partial charge is 0.248 e. The molecule has 0 spiro atoms. The Morgan fingerprint density at radius 3 is 2.53 bits per heavy atom. The van der Waals surface area contributed by atoms with Gasteiger partial charge in [0.15, 0.2) is 0 Å². The molecule has 1 fully saturated rings. The number of rotatable bonds is 6. The van der Waals surface area contributed by atoms with Crippen molar-refractivity contribution in [3.05, 3.63) is 0 Å². The Bertz CT molecular complexity index is 254. The molecular formula is C13H26N2O2. The molecule has 0 aromatic rings. The number of hydrogen-bond donors (Lipinski definition) is 1. The molecule has 1 aliphatic rings. The van der Waals surface area contributed by atoms with E-state index in [0.29, 0.717) is 12.5 Å². The van der Waals surface area contributed by atoms with Crippen LogP contribution in [0.5, 0.6) is 0 Å². The van der Waals surface area contributed by atoms with Gasteiger partial charge in [0.25, 0.3) is 0 Å². The molecule has 4 heteroatoms. The standard InChI is InChI=1S/C13H26N2O2/c1-4-15(5-2)12(16)9-17-13(10-14)7-6-11(3)8-13/h11H,4-10,14H2,1-3H3. The Hall–Kier alpha value is -0.610. The number of nitrogens with two attached hydrogens (primary N) is 1. The number of carbonyl (C=O) groups excluding carboxylic acids is 1. The van der Waals surface area contributed by atoms with Gasteiger partial charge < -0.3 is 15.4 Å². The van der Waals surface area contributed by atoms with E-state index in [4.69, 9.17) is 10.5 Å². The largest absolute Gasteiger partial charge is 0.364 e. The minimum absolute atomic E-state index is 0.0716. The minimum atomic E-state index is -0.248. The molecule has 2 unspecified atom stereocenters. The SMILES string of the molecule is CCN(CC)C(=O)COC1(CN)CCC(C)C1. The number of carbonyl (C=O) groups is 1. The summed E-state index contributed by atoms with van der Waals surface area (Å²) in [6.45, 7) is 8.35. The molecule has 0 aromatic heterocycles. The lowest BCUT2D eigenvalue weighted by Gasteiger charge is -2.29. The fourth-order valence-corrected chi connectivity index (χ4v) is 2.61. The van der Waals surface area contributed by atoms with Gasteiger partial charge in [0.05, 0.1) is 5.60 Å². The van der Waals surface area contributed by atoms with Crippen LogP contribution in [0.15, 0.2) is 0 Å². The Morgan fingerprint density at radius 1 is 1.47 bits per heavy atom. The van der Waals surface area contributed by atoms with E-state index in [2.05, 4.69) is 6.92 Å². The van der Waals surface area contributed by atoms with E-state index in [1.54, 1.807) is 4.90 Å². The van der Waals surface area contributed by atoms with Gasteiger partial charge >= 0.3 is 0 Å². The maximum absolute atomic E-state index is 11.9. The summed E-state index contributed by atoms with van der Waals surface area (Å²) in [5.41, 5.74) is 5.56. The molecule has 1 aliphatic carbocycles. The first-order valence-corrected chi connectivity index (χ1v) is 6.68. The third-order valence-electron chi connectivity index (χ3n) is 3.80. The van der Waals surface area contributed by atoms with Crippen LogP contribution in [-0.2, 0) is 9.53 Å². The van der Waals surface area contributed by atoms with Crippen LogP contribution in [-0.4, -0.2) is 42.6 Å². The second-order valence-electron chi connectivity index (χ2n) is 5.09. The van der Waals surface area contributed by atoms with Crippen LogP contribution in [0.1, 0.15) is 40.0 Å². The number of hydrogen-bond acceptors (Lipinski definition) is 3. The van der Waals surface area contributed by atoms with Gasteiger partial charge in [-0.1, -0.05) is 6.92 Å². The second kappa shape index (κ2) is 6.36. The fraction of sp³-hybridized carbons (Fsp3) is 0.923. The van der Waals surface area contributed by atoms with Crippen molar-refractivity contribution >= 4 is 5.91 Å². The van der Waals surface area contributed by atoms with Gasteiger partial charge in [-0.2, -0.15) is 0 Å². The molecule has 1 rings (SSSR count). The Kier molecular flexibility index (Phi) is 5.40. The van der Waals surface area contributed by atoms with Gasteiger partial charge in [0, 0.05) is 19.6 Å². The van der Waals surface area contributed by atoms with E-state index >= 15 is 0 Å². The summed E-state index contributed by atoms with van der Waals surface area (Å²) in [5.74, 6) is 0.726. The third-order valence-corrected chi connectivity index (χ3v) is 3.80. The summed E-state index contributed by atoms with van der Waals surface area (Å²) >= 11 is 0. The van der Waals surface area contributed by atoms with Crippen LogP contribution in [0.4, 0.5) is 0 Å². The van der Waals surface area contributed by atoms with Crippen LogP contribution >= 0.6 is 0 Å². The zero-order valence-corrected chi connectivity index (χ0v) is 11.4. The predicted octanol–water partition coefficient (Wildman–Crippen LogP) is 1.39. The summed E-state index contributed by atoms with van der Waals surface area (Å²) in [6.07, 6.45) is 3.11. The van der Waals surface area contributed by atoms with Crippen molar-refractivity contribution in [2.45, 2.75) is 45.6 Å². The minimum Gasteiger partial charge on any atom is -0.364 e. The van der Waals surface area contributed by atoms with Crippen LogP contribution in [0.2, 0.25) is 0 Å². The molecule has 0 aromatic carbocycles. The van der Waals surface area contributed by atoms with Crippen LogP contribution < -0.4 is 5.73 Å². The van der Waals surface area contributed by atoms with Gasteiger partial charge in [-0.05, 0) is 39.0 Å². The highest BCUT2D eigenvalue weighted by Crippen LogP contribution is 2.36. The van der Waals surface area contributed by atoms with Crippen molar-refractivity contribution in [2.24, 2.45) is 11.7 Å². The second-order valence-corrected chi connectivity index (χ2v) is 5.09. The van der Waals surface area contributed by atoms with E-state index in [9.17, 15) is 4.79 Å². The number of likely N-dealkylation sites (N-methyl/N-ethyl adjacent to an activating group) is 1. The van der Waals surface area contributed by atoms with Crippen LogP contribution in [0.3, 0.4) is 0 Å². The average Bonchev–Trinajstić information content (AvgIpc) is 2.71. The monoisotopic (exact) mass is 242 g/mol. The van der Waals surface area contributed by atoms with E-state index in [-0.39, 0.29) is 18.1 Å². The quantitative estimate of drug-likeness (QED) is 0.765. The van der Waals surface area contributed by atoms with Gasteiger partial charge in [-0.25, -0.2) is 0 Å². The van der Waals surface area contributed by atoms with Crippen molar-refractivity contribution in [3.8, 4) is 0 Å². The van der Waals surface area contributed by atoms with Crippen LogP contribution in [0, 0.1) is 5.92 Å². The van der Waals surface area contributed by atoms with Crippen molar-refractivity contribution < 1.29 is 9.53 Å². The molecule has 0 bridgehead atoms. The lowest BCUT2D eigenvalue weighted by Crippen LogP contribution is -2.42. The highest BCUT2D eigenvalue weighted by Gasteiger charge is 2.37. The molecular weight excluding hydrogens is 216 g/mol. The van der Waals surface area contributed by atoms with E-state index in [1.165, 1.54) is 0 Å². The predicted molar refractivity (Wildman–Crippen MR) is 68.7 cm³/mol. The molecule has 0 aliphatic heterocycles. The van der Waals surface area contributed by atoms with Gasteiger partial charge in [-0.15, -0.1) is 0 Å². The van der Waals surface area contributed by atoms with E-state index in [0.717, 1.165) is 32.4 Å². The van der Waals surface area contributed by atoms with Gasteiger partial charge in [0.2, 0.25) is 5.91 Å². The molecule has 2 N–H and O–H groups in total. The summed E-state index contributed by atoms with van der Waals surface area (Å²) in [4.78, 5) is 13.7. The lowest BCUT2D eigenvalue weighted by molar-refractivity contribution is -0.142. The Labute approximate surface area is 104 Å². The first-order valence-electron chi connectivity index (χ1n) is 6.68. The molecule has 17 heavy (non-hydrogen) atoms. The van der Waals surface area contributed by atoms with Crippen molar-refractivity contribution in [3.63, 3.8) is 0 Å². The van der Waals surface area contributed by atoms with E-state index < -0.39 is 0 Å². The van der Waals surface area contributed by atoms with Gasteiger partial charge in [-0.3, -0.25) is 4.79 Å². The van der Waals surface area contributed by atoms with Crippen molar-refractivity contribution in [1.82, 2.24) is 4.90 Å². The topological polar surface area (TPSA) is 55.6 Å². The average molecular weight is 242 g/mol. The maximum atomic E-state index is 11.9. The molecule has 1 amide bonds. The van der Waals surface area contributed by atoms with Crippen LogP contribution in [0.25, 0.3) is 0 Å². The summed E-state index contributed by atoms with van der Waals surface area (Å²) in [7, 11) is 0. The maximum Gasteiger partial charge on any atom is 0.248 e. The molecule has 100 valence electrons. The molecule has 0 heterocycles. The number of ether oxygens (including phenoxy) is 1. The molecule has 0 saturated heterocycles. The van der Waals surface area contributed by atoms with Crippen molar-refractivity contribution in [2.75, 3.05) is 26.2 Å². The molecule has 4 nitrogen and oxygen atoms in total. The first kappa shape index (κ1) is 14.5. The van der Waals surface area contributed by atoms with E-state index in [1.807, 2.05) is 13.8 Å². The first-order chi connectivity index (χ1) is 8.06. The normalized spacial score (nSPS) is 28.4. The zero-order valence-electron chi connectivity index (χ0n) is 11.4. The third kappa shape index (κ3) is 3.68.